The molecule has 2 aromatic rings. The van der Waals surface area contributed by atoms with Crippen LogP contribution in [0.15, 0.2) is 66.4 Å². The number of ether oxygens (including phenoxy) is 1. The molecule has 2 aromatic carbocycles. The minimum Gasteiger partial charge on any atom is -0.444 e. The first-order valence-electron chi connectivity index (χ1n) is 13.5. The number of alkyl carbamates (subject to hydrolysis) is 1. The van der Waals surface area contributed by atoms with E-state index in [0.29, 0.717) is 5.56 Å². The predicted octanol–water partition coefficient (Wildman–Crippen LogP) is 3.79. The van der Waals surface area contributed by atoms with Gasteiger partial charge < -0.3 is 20.7 Å². The molecule has 0 unspecified atom stereocenters. The van der Waals surface area contributed by atoms with E-state index in [0.717, 1.165) is 5.56 Å². The summed E-state index contributed by atoms with van der Waals surface area (Å²) in [5.74, 6) is -1.43. The normalized spacial score (nSPS) is 12.9. The summed E-state index contributed by atoms with van der Waals surface area (Å²) >= 11 is 0. The molecule has 3 N–H and O–H groups in total. The number of carbonyl (C=O) groups is 3. The predicted molar refractivity (Wildman–Crippen MR) is 158 cm³/mol. The first kappa shape index (κ1) is 33.5. The fraction of sp³-hybridized carbons (Fsp3) is 0.433. The van der Waals surface area contributed by atoms with Crippen molar-refractivity contribution >= 4 is 34.1 Å². The van der Waals surface area contributed by atoms with E-state index >= 15 is 0 Å². The van der Waals surface area contributed by atoms with Gasteiger partial charge in [-0.25, -0.2) is 4.79 Å². The molecule has 3 amide bonds. The molecule has 0 saturated carbocycles. The Hall–Kier alpha value is -3.70. The molecule has 0 aliphatic carbocycles. The largest absolute Gasteiger partial charge is 0.444 e. The summed E-state index contributed by atoms with van der Waals surface area (Å²) in [6.45, 7) is 8.96. The van der Waals surface area contributed by atoms with Crippen LogP contribution in [0.5, 0.6) is 0 Å². The highest BCUT2D eigenvalue weighted by molar-refractivity contribution is 7.86. The van der Waals surface area contributed by atoms with Gasteiger partial charge in [-0.05, 0) is 50.3 Å². The molecular formula is C30H41N3O7S. The van der Waals surface area contributed by atoms with Gasteiger partial charge in [0, 0.05) is 13.0 Å². The van der Waals surface area contributed by atoms with Crippen LogP contribution in [0.3, 0.4) is 0 Å². The third kappa shape index (κ3) is 14.0. The molecule has 0 aliphatic rings. The van der Waals surface area contributed by atoms with Crippen LogP contribution < -0.4 is 16.0 Å². The van der Waals surface area contributed by atoms with E-state index in [9.17, 15) is 22.8 Å². The first-order chi connectivity index (χ1) is 19.2. The molecule has 11 heteroatoms. The van der Waals surface area contributed by atoms with Crippen LogP contribution >= 0.6 is 0 Å². The SMILES string of the molecule is CC(C)COS(=O)(=O)CCCNC(=O)C(=Cc1ccccc1)NC(=O)[C@H](Cc1ccccc1)NC(=O)OC(C)(C)C. The molecule has 41 heavy (non-hydrogen) atoms. The molecule has 0 saturated heterocycles. The summed E-state index contributed by atoms with van der Waals surface area (Å²) < 4.78 is 34.4. The lowest BCUT2D eigenvalue weighted by Crippen LogP contribution is -2.50. The molecule has 1 atom stereocenters. The molecule has 0 heterocycles. The molecule has 2 rings (SSSR count). The van der Waals surface area contributed by atoms with E-state index in [2.05, 4.69) is 16.0 Å². The van der Waals surface area contributed by atoms with Crippen molar-refractivity contribution in [2.24, 2.45) is 5.92 Å². The molecule has 0 aromatic heterocycles. The van der Waals surface area contributed by atoms with Crippen molar-refractivity contribution in [1.29, 1.82) is 0 Å². The van der Waals surface area contributed by atoms with Gasteiger partial charge in [-0.2, -0.15) is 8.42 Å². The third-order valence-electron chi connectivity index (χ3n) is 5.34. The van der Waals surface area contributed by atoms with Crippen LogP contribution in [0.4, 0.5) is 4.79 Å². The summed E-state index contributed by atoms with van der Waals surface area (Å²) in [4.78, 5) is 39.1. The average molecular weight is 588 g/mol. The second-order valence-electron chi connectivity index (χ2n) is 10.9. The zero-order chi connectivity index (χ0) is 30.5. The van der Waals surface area contributed by atoms with E-state index in [1.165, 1.54) is 6.08 Å². The van der Waals surface area contributed by atoms with Crippen LogP contribution in [0.2, 0.25) is 0 Å². The summed E-state index contributed by atoms with van der Waals surface area (Å²) in [6, 6.07) is 17.0. The Morgan fingerprint density at radius 3 is 2.15 bits per heavy atom. The van der Waals surface area contributed by atoms with Gasteiger partial charge in [0.25, 0.3) is 16.0 Å². The Morgan fingerprint density at radius 2 is 1.56 bits per heavy atom. The van der Waals surface area contributed by atoms with Crippen molar-refractivity contribution in [2.75, 3.05) is 18.9 Å². The van der Waals surface area contributed by atoms with Crippen LogP contribution in [-0.2, 0) is 35.0 Å². The van der Waals surface area contributed by atoms with Crippen LogP contribution in [0.25, 0.3) is 6.08 Å². The Bertz CT molecular complexity index is 1270. The minimum atomic E-state index is -3.72. The summed E-state index contributed by atoms with van der Waals surface area (Å²) in [6.07, 6.45) is 1.01. The quantitative estimate of drug-likeness (QED) is 0.174. The van der Waals surface area contributed by atoms with Crippen LogP contribution in [0.1, 0.15) is 52.2 Å². The second kappa shape index (κ2) is 15.9. The van der Waals surface area contributed by atoms with Gasteiger partial charge in [-0.15, -0.1) is 0 Å². The average Bonchev–Trinajstić information content (AvgIpc) is 2.89. The maximum atomic E-state index is 13.4. The lowest BCUT2D eigenvalue weighted by Gasteiger charge is -2.24. The van der Waals surface area contributed by atoms with E-state index in [-0.39, 0.29) is 43.4 Å². The van der Waals surface area contributed by atoms with E-state index < -0.39 is 39.7 Å². The van der Waals surface area contributed by atoms with Crippen LogP contribution in [-0.4, -0.2) is 56.9 Å². The zero-order valence-corrected chi connectivity index (χ0v) is 25.1. The van der Waals surface area contributed by atoms with Gasteiger partial charge in [0.1, 0.15) is 17.3 Å². The zero-order valence-electron chi connectivity index (χ0n) is 24.3. The van der Waals surface area contributed by atoms with Crippen molar-refractivity contribution in [2.45, 2.75) is 59.1 Å². The fourth-order valence-corrected chi connectivity index (χ4v) is 4.54. The number of amides is 3. The molecule has 0 fully saturated rings. The number of nitrogens with one attached hydrogen (secondary N) is 3. The van der Waals surface area contributed by atoms with Gasteiger partial charge in [-0.3, -0.25) is 13.8 Å². The topological polar surface area (TPSA) is 140 Å². The van der Waals surface area contributed by atoms with Gasteiger partial charge >= 0.3 is 6.09 Å². The monoisotopic (exact) mass is 587 g/mol. The Morgan fingerprint density at radius 1 is 0.951 bits per heavy atom. The standard InChI is InChI=1S/C30H41N3O7S/c1-22(2)21-39-41(37,38)18-12-17-31-27(34)25(19-23-13-8-6-9-14-23)32-28(35)26(20-24-15-10-7-11-16-24)33-29(36)40-30(3,4)5/h6-11,13-16,19,22,26H,12,17-18,20-21H2,1-5H3,(H,31,34)(H,32,35)(H,33,36)/t26-/m0/s1. The molecule has 0 aliphatic heterocycles. The number of hydrogen-bond acceptors (Lipinski definition) is 7. The van der Waals surface area contributed by atoms with Crippen molar-refractivity contribution in [3.05, 3.63) is 77.5 Å². The number of rotatable bonds is 14. The smallest absolute Gasteiger partial charge is 0.408 e. The Labute approximate surface area is 243 Å². The molecule has 0 bridgehead atoms. The van der Waals surface area contributed by atoms with Crippen molar-refractivity contribution < 1.29 is 31.7 Å². The summed E-state index contributed by atoms with van der Waals surface area (Å²) in [5.41, 5.74) is 0.609. The summed E-state index contributed by atoms with van der Waals surface area (Å²) in [5, 5.41) is 7.90. The molecular weight excluding hydrogens is 546 g/mol. The van der Waals surface area contributed by atoms with Crippen molar-refractivity contribution in [1.82, 2.24) is 16.0 Å². The number of benzene rings is 2. The van der Waals surface area contributed by atoms with Gasteiger partial charge in [0.05, 0.1) is 12.4 Å². The lowest BCUT2D eigenvalue weighted by atomic mass is 10.1. The highest BCUT2D eigenvalue weighted by atomic mass is 32.2. The maximum Gasteiger partial charge on any atom is 0.408 e. The van der Waals surface area contributed by atoms with Gasteiger partial charge in [-0.1, -0.05) is 74.5 Å². The summed E-state index contributed by atoms with van der Waals surface area (Å²) in [7, 11) is -3.72. The fourth-order valence-electron chi connectivity index (χ4n) is 3.45. The lowest BCUT2D eigenvalue weighted by molar-refractivity contribution is -0.125. The van der Waals surface area contributed by atoms with Gasteiger partial charge in [0.15, 0.2) is 0 Å². The highest BCUT2D eigenvalue weighted by Crippen LogP contribution is 2.11. The maximum absolute atomic E-state index is 13.4. The third-order valence-corrected chi connectivity index (χ3v) is 6.62. The number of carbonyl (C=O) groups excluding carboxylic acids is 3. The highest BCUT2D eigenvalue weighted by Gasteiger charge is 2.26. The molecule has 0 radical (unpaired) electrons. The van der Waals surface area contributed by atoms with Crippen LogP contribution in [0, 0.1) is 5.92 Å². The Kier molecular flexibility index (Phi) is 13.0. The minimum absolute atomic E-state index is 0.0364. The van der Waals surface area contributed by atoms with E-state index in [1.54, 1.807) is 45.0 Å². The van der Waals surface area contributed by atoms with E-state index in [4.69, 9.17) is 8.92 Å². The number of hydrogen-bond donors (Lipinski definition) is 3. The van der Waals surface area contributed by atoms with Crippen molar-refractivity contribution in [3.63, 3.8) is 0 Å². The molecule has 10 nitrogen and oxygen atoms in total. The first-order valence-corrected chi connectivity index (χ1v) is 15.1. The van der Waals surface area contributed by atoms with Crippen molar-refractivity contribution in [3.8, 4) is 0 Å². The van der Waals surface area contributed by atoms with Gasteiger partial charge in [0.2, 0.25) is 5.91 Å². The molecule has 0 spiro atoms. The molecule has 224 valence electrons. The second-order valence-corrected chi connectivity index (χ2v) is 12.7. The van der Waals surface area contributed by atoms with E-state index in [1.807, 2.05) is 50.2 Å². The Balaban J connectivity index is 2.18.